The van der Waals surface area contributed by atoms with Crippen LogP contribution in [-0.2, 0) is 9.53 Å². The van der Waals surface area contributed by atoms with E-state index in [0.717, 1.165) is 11.1 Å². The topological polar surface area (TPSA) is 38.3 Å². The Morgan fingerprint density at radius 2 is 2.07 bits per heavy atom. The molecule has 1 fully saturated rings. The lowest BCUT2D eigenvalue weighted by Crippen LogP contribution is -2.25. The maximum Gasteiger partial charge on any atom is 0.329 e. The van der Waals surface area contributed by atoms with E-state index in [1.54, 1.807) is 0 Å². The molecule has 2 unspecified atom stereocenters. The van der Waals surface area contributed by atoms with E-state index >= 15 is 0 Å². The van der Waals surface area contributed by atoms with Crippen molar-refractivity contribution in [3.63, 3.8) is 0 Å². The highest BCUT2D eigenvalue weighted by molar-refractivity contribution is 5.79. The maximum atomic E-state index is 11.6. The van der Waals surface area contributed by atoms with Crippen molar-refractivity contribution in [1.82, 2.24) is 5.32 Å². The number of esters is 1. The Bertz CT molecular complexity index is 386. The van der Waals surface area contributed by atoms with Crippen LogP contribution >= 0.6 is 0 Å². The molecule has 0 radical (unpaired) electrons. The lowest BCUT2D eigenvalue weighted by molar-refractivity contribution is -0.141. The van der Waals surface area contributed by atoms with E-state index in [9.17, 15) is 4.79 Å². The molecule has 1 aliphatic heterocycles. The van der Waals surface area contributed by atoms with Crippen molar-refractivity contribution >= 4 is 5.97 Å². The fourth-order valence-corrected chi connectivity index (χ4v) is 1.56. The third-order valence-corrected chi connectivity index (χ3v) is 2.37. The van der Waals surface area contributed by atoms with Crippen LogP contribution in [0.2, 0.25) is 0 Å². The number of cyclic esters (lactones) is 1. The first-order chi connectivity index (χ1) is 7.18. The molecule has 1 N–H and O–H groups in total. The third kappa shape index (κ3) is 1.92. The summed E-state index contributed by atoms with van der Waals surface area (Å²) in [5.74, 6) is -0.241. The van der Waals surface area contributed by atoms with E-state index in [1.165, 1.54) is 0 Å². The van der Waals surface area contributed by atoms with Crippen LogP contribution < -0.4 is 5.32 Å². The molecule has 1 saturated heterocycles. The number of carbonyl (C=O) groups is 1. The zero-order chi connectivity index (χ0) is 10.8. The fourth-order valence-electron chi connectivity index (χ4n) is 1.56. The van der Waals surface area contributed by atoms with Crippen molar-refractivity contribution in [2.75, 3.05) is 0 Å². The van der Waals surface area contributed by atoms with Gasteiger partial charge in [0, 0.05) is 0 Å². The third-order valence-electron chi connectivity index (χ3n) is 2.37. The molecule has 0 spiro atoms. The summed E-state index contributed by atoms with van der Waals surface area (Å²) in [6.07, 6.45) is -0.359. The van der Waals surface area contributed by atoms with Gasteiger partial charge in [-0.25, -0.2) is 4.79 Å². The highest BCUT2D eigenvalue weighted by Gasteiger charge is 2.34. The molecule has 0 bridgehead atoms. The molecule has 3 heteroatoms. The summed E-state index contributed by atoms with van der Waals surface area (Å²) < 4.78 is 5.14. The van der Waals surface area contributed by atoms with Gasteiger partial charge in [0.25, 0.3) is 0 Å². The Kier molecular flexibility index (Phi) is 2.56. The summed E-state index contributed by atoms with van der Waals surface area (Å²) >= 11 is 0. The van der Waals surface area contributed by atoms with Crippen LogP contribution in [0.3, 0.4) is 0 Å². The minimum atomic E-state index is -0.368. The van der Waals surface area contributed by atoms with Crippen molar-refractivity contribution in [1.29, 1.82) is 0 Å². The Morgan fingerprint density at radius 1 is 1.40 bits per heavy atom. The predicted molar refractivity (Wildman–Crippen MR) is 57.0 cm³/mol. The normalized spacial score (nSPS) is 25.0. The summed E-state index contributed by atoms with van der Waals surface area (Å²) in [5.41, 5.74) is 1.73. The smallest absolute Gasteiger partial charge is 0.329 e. The van der Waals surface area contributed by atoms with Crippen LogP contribution in [0.15, 0.2) is 42.5 Å². The van der Waals surface area contributed by atoms with E-state index < -0.39 is 0 Å². The van der Waals surface area contributed by atoms with Crippen LogP contribution in [0.5, 0.6) is 0 Å². The minimum absolute atomic E-state index is 0.241. The number of hydrogen-bond acceptors (Lipinski definition) is 3. The van der Waals surface area contributed by atoms with Gasteiger partial charge in [0.2, 0.25) is 0 Å². The van der Waals surface area contributed by atoms with E-state index in [0.29, 0.717) is 0 Å². The SMILES string of the molecule is C=C(C)C1NC(c2ccccc2)C(=O)O1. The molecular weight excluding hydrogens is 190 g/mol. The molecule has 1 aromatic carbocycles. The first-order valence-electron chi connectivity index (χ1n) is 4.85. The number of ether oxygens (including phenoxy) is 1. The van der Waals surface area contributed by atoms with Crippen molar-refractivity contribution in [3.05, 3.63) is 48.0 Å². The number of hydrogen-bond donors (Lipinski definition) is 1. The predicted octanol–water partition coefficient (Wildman–Crippen LogP) is 1.78. The van der Waals surface area contributed by atoms with Crippen LogP contribution in [0.25, 0.3) is 0 Å². The van der Waals surface area contributed by atoms with Gasteiger partial charge in [0.1, 0.15) is 6.04 Å². The maximum absolute atomic E-state index is 11.6. The number of benzene rings is 1. The summed E-state index contributed by atoms with van der Waals surface area (Å²) in [5, 5.41) is 3.09. The van der Waals surface area contributed by atoms with Crippen molar-refractivity contribution < 1.29 is 9.53 Å². The second-order valence-corrected chi connectivity index (χ2v) is 3.67. The van der Waals surface area contributed by atoms with E-state index in [1.807, 2.05) is 37.3 Å². The van der Waals surface area contributed by atoms with Crippen LogP contribution in [-0.4, -0.2) is 12.2 Å². The number of nitrogens with one attached hydrogen (secondary N) is 1. The van der Waals surface area contributed by atoms with E-state index in [4.69, 9.17) is 4.74 Å². The average molecular weight is 203 g/mol. The van der Waals surface area contributed by atoms with Gasteiger partial charge in [-0.2, -0.15) is 0 Å². The van der Waals surface area contributed by atoms with Crippen molar-refractivity contribution in [3.8, 4) is 0 Å². The van der Waals surface area contributed by atoms with Crippen molar-refractivity contribution in [2.24, 2.45) is 0 Å². The molecule has 1 aromatic rings. The molecule has 2 rings (SSSR count). The zero-order valence-corrected chi connectivity index (χ0v) is 8.57. The minimum Gasteiger partial charge on any atom is -0.441 e. The lowest BCUT2D eigenvalue weighted by atomic mass is 10.1. The first-order valence-corrected chi connectivity index (χ1v) is 4.85. The summed E-state index contributed by atoms with van der Waals surface area (Å²) in [7, 11) is 0. The molecule has 0 amide bonds. The molecule has 0 saturated carbocycles. The highest BCUT2D eigenvalue weighted by atomic mass is 16.6. The van der Waals surface area contributed by atoms with Crippen molar-refractivity contribution in [2.45, 2.75) is 19.2 Å². The van der Waals surface area contributed by atoms with E-state index in [-0.39, 0.29) is 18.2 Å². The standard InChI is InChI=1S/C12H13NO2/c1-8(2)11-13-10(12(14)15-11)9-6-4-3-5-7-9/h3-7,10-11,13H,1H2,2H3. The van der Waals surface area contributed by atoms with Gasteiger partial charge in [0.05, 0.1) is 0 Å². The molecule has 2 atom stereocenters. The molecule has 1 heterocycles. The summed E-state index contributed by atoms with van der Waals surface area (Å²) in [6.45, 7) is 5.59. The van der Waals surface area contributed by atoms with Gasteiger partial charge in [-0.1, -0.05) is 36.9 Å². The van der Waals surface area contributed by atoms with Gasteiger partial charge >= 0.3 is 5.97 Å². The van der Waals surface area contributed by atoms with Crippen LogP contribution in [0, 0.1) is 0 Å². The molecule has 3 nitrogen and oxygen atoms in total. The van der Waals surface area contributed by atoms with Crippen LogP contribution in [0.4, 0.5) is 0 Å². The Balaban J connectivity index is 2.19. The first kappa shape index (κ1) is 9.93. The molecular formula is C12H13NO2. The number of carbonyl (C=O) groups excluding carboxylic acids is 1. The Labute approximate surface area is 88.8 Å². The van der Waals surface area contributed by atoms with Crippen LogP contribution in [0.1, 0.15) is 18.5 Å². The fraction of sp³-hybridized carbons (Fsp3) is 0.250. The quantitative estimate of drug-likeness (QED) is 0.588. The summed E-state index contributed by atoms with van der Waals surface area (Å²) in [4.78, 5) is 11.6. The lowest BCUT2D eigenvalue weighted by Gasteiger charge is -2.09. The molecule has 15 heavy (non-hydrogen) atoms. The van der Waals surface area contributed by atoms with Gasteiger partial charge < -0.3 is 4.74 Å². The molecule has 1 aliphatic rings. The van der Waals surface area contributed by atoms with Gasteiger partial charge in [-0.15, -0.1) is 0 Å². The second-order valence-electron chi connectivity index (χ2n) is 3.67. The zero-order valence-electron chi connectivity index (χ0n) is 8.57. The molecule has 0 aromatic heterocycles. The monoisotopic (exact) mass is 203 g/mol. The van der Waals surface area contributed by atoms with E-state index in [2.05, 4.69) is 11.9 Å². The average Bonchev–Trinajstić information content (AvgIpc) is 2.62. The Morgan fingerprint density at radius 3 is 2.60 bits per heavy atom. The Hall–Kier alpha value is -1.61. The van der Waals surface area contributed by atoms with Gasteiger partial charge in [-0.3, -0.25) is 5.32 Å². The number of rotatable bonds is 2. The highest BCUT2D eigenvalue weighted by Crippen LogP contribution is 2.23. The van der Waals surface area contributed by atoms with Gasteiger partial charge in [0.15, 0.2) is 6.23 Å². The summed E-state index contributed by atoms with van der Waals surface area (Å²) in [6, 6.07) is 9.16. The molecule has 0 aliphatic carbocycles. The van der Waals surface area contributed by atoms with Gasteiger partial charge in [-0.05, 0) is 18.1 Å². The largest absolute Gasteiger partial charge is 0.441 e. The molecule has 78 valence electrons. The second kappa shape index (κ2) is 3.87.